The highest BCUT2D eigenvalue weighted by Gasteiger charge is 2.18. The van der Waals surface area contributed by atoms with E-state index in [1.165, 1.54) is 0 Å². The number of aryl methyl sites for hydroxylation is 1. The molecule has 0 aliphatic carbocycles. The molecule has 0 atom stereocenters. The van der Waals surface area contributed by atoms with Crippen molar-refractivity contribution >= 4 is 5.82 Å². The van der Waals surface area contributed by atoms with Crippen molar-refractivity contribution in [2.45, 2.75) is 52.9 Å². The number of hydrogen-bond acceptors (Lipinski definition) is 3. The molecule has 0 aromatic carbocycles. The molecule has 0 aliphatic heterocycles. The van der Waals surface area contributed by atoms with Crippen LogP contribution in [0.2, 0.25) is 0 Å². The van der Waals surface area contributed by atoms with Crippen LogP contribution in [0.3, 0.4) is 0 Å². The number of aromatic nitrogens is 2. The Morgan fingerprint density at radius 1 is 1.19 bits per heavy atom. The third-order valence-electron chi connectivity index (χ3n) is 2.37. The fourth-order valence-electron chi connectivity index (χ4n) is 1.36. The first-order valence-corrected chi connectivity index (χ1v) is 6.09. The first-order valence-electron chi connectivity index (χ1n) is 6.09. The summed E-state index contributed by atoms with van der Waals surface area (Å²) in [5.74, 6) is 1.88. The van der Waals surface area contributed by atoms with E-state index in [9.17, 15) is 0 Å². The number of hydrogen-bond donors (Lipinski definition) is 1. The highest BCUT2D eigenvalue weighted by molar-refractivity contribution is 5.37. The standard InChI is InChI=1S/C13H23N3/c1-6-8-14-11-9-10(7-2)15-12(16-11)13(3,4)5/h9H,6-8H2,1-5H3,(H,14,15,16). The first kappa shape index (κ1) is 12.9. The minimum Gasteiger partial charge on any atom is -0.370 e. The van der Waals surface area contributed by atoms with E-state index in [1.807, 2.05) is 6.07 Å². The van der Waals surface area contributed by atoms with E-state index in [4.69, 9.17) is 0 Å². The van der Waals surface area contributed by atoms with Crippen molar-refractivity contribution in [2.24, 2.45) is 0 Å². The topological polar surface area (TPSA) is 37.8 Å². The Bertz CT molecular complexity index is 340. The third-order valence-corrected chi connectivity index (χ3v) is 2.37. The van der Waals surface area contributed by atoms with Gasteiger partial charge in [0.15, 0.2) is 0 Å². The molecule has 0 unspecified atom stereocenters. The maximum absolute atomic E-state index is 4.58. The smallest absolute Gasteiger partial charge is 0.136 e. The third kappa shape index (κ3) is 3.47. The molecule has 3 nitrogen and oxygen atoms in total. The molecule has 0 bridgehead atoms. The largest absolute Gasteiger partial charge is 0.370 e. The molecular weight excluding hydrogens is 198 g/mol. The van der Waals surface area contributed by atoms with Gasteiger partial charge >= 0.3 is 0 Å². The van der Waals surface area contributed by atoms with Crippen LogP contribution in [0.5, 0.6) is 0 Å². The minimum atomic E-state index is 0.00776. The highest BCUT2D eigenvalue weighted by atomic mass is 15.0. The van der Waals surface area contributed by atoms with Crippen LogP contribution >= 0.6 is 0 Å². The van der Waals surface area contributed by atoms with Gasteiger partial charge in [0.25, 0.3) is 0 Å². The van der Waals surface area contributed by atoms with Crippen LogP contribution in [0.25, 0.3) is 0 Å². The van der Waals surface area contributed by atoms with Gasteiger partial charge in [-0.1, -0.05) is 34.6 Å². The van der Waals surface area contributed by atoms with E-state index in [0.29, 0.717) is 0 Å². The van der Waals surface area contributed by atoms with E-state index in [-0.39, 0.29) is 5.41 Å². The van der Waals surface area contributed by atoms with Crippen molar-refractivity contribution in [3.8, 4) is 0 Å². The molecule has 0 spiro atoms. The second-order valence-electron chi connectivity index (χ2n) is 5.10. The lowest BCUT2D eigenvalue weighted by Crippen LogP contribution is -2.18. The number of anilines is 1. The number of rotatable bonds is 4. The van der Waals surface area contributed by atoms with Crippen LogP contribution < -0.4 is 5.32 Å². The molecule has 3 heteroatoms. The van der Waals surface area contributed by atoms with Crippen molar-refractivity contribution in [1.82, 2.24) is 9.97 Å². The maximum atomic E-state index is 4.58. The predicted octanol–water partition coefficient (Wildman–Crippen LogP) is 3.16. The van der Waals surface area contributed by atoms with Crippen LogP contribution in [0.1, 0.15) is 52.6 Å². The van der Waals surface area contributed by atoms with Gasteiger partial charge in [-0.15, -0.1) is 0 Å². The fraction of sp³-hybridized carbons (Fsp3) is 0.692. The Kier molecular flexibility index (Phi) is 4.27. The van der Waals surface area contributed by atoms with Crippen LogP contribution in [0.4, 0.5) is 5.82 Å². The molecule has 0 fully saturated rings. The zero-order valence-corrected chi connectivity index (χ0v) is 11.1. The second kappa shape index (κ2) is 5.28. The summed E-state index contributed by atoms with van der Waals surface area (Å²) in [5.41, 5.74) is 1.12. The molecule has 1 aromatic rings. The van der Waals surface area contributed by atoms with Crippen LogP contribution in [-0.4, -0.2) is 16.5 Å². The van der Waals surface area contributed by atoms with Gasteiger partial charge in [0, 0.05) is 23.7 Å². The highest BCUT2D eigenvalue weighted by Crippen LogP contribution is 2.20. The zero-order chi connectivity index (χ0) is 12.2. The lowest BCUT2D eigenvalue weighted by molar-refractivity contribution is 0.542. The maximum Gasteiger partial charge on any atom is 0.136 e. The van der Waals surface area contributed by atoms with E-state index < -0.39 is 0 Å². The van der Waals surface area contributed by atoms with E-state index in [2.05, 4.69) is 49.9 Å². The summed E-state index contributed by atoms with van der Waals surface area (Å²) in [4.78, 5) is 9.15. The molecule has 90 valence electrons. The van der Waals surface area contributed by atoms with Gasteiger partial charge in [0.2, 0.25) is 0 Å². The average Bonchev–Trinajstić information content (AvgIpc) is 2.24. The Hall–Kier alpha value is -1.12. The van der Waals surface area contributed by atoms with Crippen molar-refractivity contribution in [3.63, 3.8) is 0 Å². The fourth-order valence-corrected chi connectivity index (χ4v) is 1.36. The summed E-state index contributed by atoms with van der Waals surface area (Å²) in [7, 11) is 0. The Balaban J connectivity index is 3.01. The summed E-state index contributed by atoms with van der Waals surface area (Å²) in [6.45, 7) is 11.7. The molecule has 0 aliphatic rings. The number of nitrogens with zero attached hydrogens (tertiary/aromatic N) is 2. The molecule has 0 radical (unpaired) electrons. The van der Waals surface area contributed by atoms with Crippen molar-refractivity contribution < 1.29 is 0 Å². The molecular formula is C13H23N3. The lowest BCUT2D eigenvalue weighted by atomic mass is 9.95. The van der Waals surface area contributed by atoms with Gasteiger partial charge in [0.1, 0.15) is 11.6 Å². The molecule has 0 amide bonds. The monoisotopic (exact) mass is 221 g/mol. The van der Waals surface area contributed by atoms with Crippen LogP contribution in [0, 0.1) is 0 Å². The minimum absolute atomic E-state index is 0.00776. The molecule has 0 saturated carbocycles. The van der Waals surface area contributed by atoms with E-state index >= 15 is 0 Å². The van der Waals surface area contributed by atoms with Crippen molar-refractivity contribution in [3.05, 3.63) is 17.6 Å². The molecule has 1 N–H and O–H groups in total. The van der Waals surface area contributed by atoms with E-state index in [1.54, 1.807) is 0 Å². The van der Waals surface area contributed by atoms with Gasteiger partial charge in [-0.25, -0.2) is 9.97 Å². The average molecular weight is 221 g/mol. The zero-order valence-electron chi connectivity index (χ0n) is 11.1. The summed E-state index contributed by atoms with van der Waals surface area (Å²) in [6, 6.07) is 2.05. The summed E-state index contributed by atoms with van der Waals surface area (Å²) < 4.78 is 0. The lowest BCUT2D eigenvalue weighted by Gasteiger charge is -2.18. The SMILES string of the molecule is CCCNc1cc(CC)nc(C(C)(C)C)n1. The van der Waals surface area contributed by atoms with Crippen molar-refractivity contribution in [2.75, 3.05) is 11.9 Å². The Morgan fingerprint density at radius 3 is 2.38 bits per heavy atom. The summed E-state index contributed by atoms with van der Waals surface area (Å²) in [5, 5.41) is 3.33. The normalized spacial score (nSPS) is 11.6. The quantitative estimate of drug-likeness (QED) is 0.848. The molecule has 1 aromatic heterocycles. The first-order chi connectivity index (χ1) is 7.47. The Labute approximate surface area is 98.7 Å². The van der Waals surface area contributed by atoms with Gasteiger partial charge in [-0.2, -0.15) is 0 Å². The second-order valence-corrected chi connectivity index (χ2v) is 5.10. The summed E-state index contributed by atoms with van der Waals surface area (Å²) in [6.07, 6.45) is 2.06. The predicted molar refractivity (Wildman–Crippen MR) is 68.9 cm³/mol. The molecule has 16 heavy (non-hydrogen) atoms. The molecule has 1 heterocycles. The molecule has 0 saturated heterocycles. The van der Waals surface area contributed by atoms with E-state index in [0.717, 1.165) is 36.7 Å². The van der Waals surface area contributed by atoms with Gasteiger partial charge < -0.3 is 5.32 Å². The van der Waals surface area contributed by atoms with Gasteiger partial charge in [0.05, 0.1) is 0 Å². The molecule has 1 rings (SSSR count). The summed E-state index contributed by atoms with van der Waals surface area (Å²) >= 11 is 0. The van der Waals surface area contributed by atoms with Gasteiger partial charge in [-0.05, 0) is 12.8 Å². The van der Waals surface area contributed by atoms with Crippen LogP contribution in [0.15, 0.2) is 6.07 Å². The van der Waals surface area contributed by atoms with Crippen LogP contribution in [-0.2, 0) is 11.8 Å². The number of nitrogens with one attached hydrogen (secondary N) is 1. The Morgan fingerprint density at radius 2 is 1.88 bits per heavy atom. The van der Waals surface area contributed by atoms with Gasteiger partial charge in [-0.3, -0.25) is 0 Å². The van der Waals surface area contributed by atoms with Crippen molar-refractivity contribution in [1.29, 1.82) is 0 Å².